The molecule has 118 valence electrons. The van der Waals surface area contributed by atoms with E-state index < -0.39 is 10.8 Å². The molecule has 0 heterocycles. The van der Waals surface area contributed by atoms with Crippen LogP contribution in [0.5, 0.6) is 5.75 Å². The summed E-state index contributed by atoms with van der Waals surface area (Å²) < 4.78 is 0. The second-order valence-corrected chi connectivity index (χ2v) is 5.09. The summed E-state index contributed by atoms with van der Waals surface area (Å²) in [5.74, 6) is -0.906. The van der Waals surface area contributed by atoms with E-state index in [1.165, 1.54) is 36.5 Å². The van der Waals surface area contributed by atoms with Gasteiger partial charge in [0, 0.05) is 23.3 Å². The van der Waals surface area contributed by atoms with Gasteiger partial charge in [0.25, 0.3) is 11.6 Å². The Hall–Kier alpha value is -2.64. The van der Waals surface area contributed by atoms with Gasteiger partial charge in [0.05, 0.1) is 16.2 Å². The fraction of sp³-hybridized carbons (Fsp3) is 0. The molecule has 23 heavy (non-hydrogen) atoms. The number of carbonyl (C=O) groups is 1. The van der Waals surface area contributed by atoms with Gasteiger partial charge >= 0.3 is 0 Å². The fourth-order valence-corrected chi connectivity index (χ4v) is 1.97. The van der Waals surface area contributed by atoms with Gasteiger partial charge in [-0.05, 0) is 18.2 Å². The molecule has 2 N–H and O–H groups in total. The van der Waals surface area contributed by atoms with Gasteiger partial charge in [-0.25, -0.2) is 5.43 Å². The van der Waals surface area contributed by atoms with Crippen molar-refractivity contribution >= 4 is 41.0 Å². The van der Waals surface area contributed by atoms with Gasteiger partial charge in [-0.2, -0.15) is 5.10 Å². The van der Waals surface area contributed by atoms with E-state index in [0.717, 1.165) is 6.07 Å². The molecule has 0 aliphatic heterocycles. The molecule has 2 aromatic rings. The van der Waals surface area contributed by atoms with Gasteiger partial charge in [0.15, 0.2) is 0 Å². The molecule has 0 aromatic heterocycles. The summed E-state index contributed by atoms with van der Waals surface area (Å²) in [7, 11) is 0. The second kappa shape index (κ2) is 7.08. The van der Waals surface area contributed by atoms with E-state index in [2.05, 4.69) is 10.5 Å². The van der Waals surface area contributed by atoms with Crippen molar-refractivity contribution in [1.82, 2.24) is 5.43 Å². The largest absolute Gasteiger partial charge is 0.506 e. The Morgan fingerprint density at radius 1 is 1.30 bits per heavy atom. The van der Waals surface area contributed by atoms with Gasteiger partial charge in [-0.1, -0.05) is 29.3 Å². The number of amides is 1. The third kappa shape index (κ3) is 3.97. The number of nitrogens with one attached hydrogen (secondary N) is 1. The zero-order valence-corrected chi connectivity index (χ0v) is 12.9. The summed E-state index contributed by atoms with van der Waals surface area (Å²) in [6.07, 6.45) is 1.17. The predicted octanol–water partition coefficient (Wildman–Crippen LogP) is 3.37. The summed E-state index contributed by atoms with van der Waals surface area (Å²) in [6.45, 7) is 0. The van der Waals surface area contributed by atoms with E-state index in [1.54, 1.807) is 0 Å². The molecule has 0 aliphatic rings. The van der Waals surface area contributed by atoms with Crippen molar-refractivity contribution in [2.75, 3.05) is 0 Å². The van der Waals surface area contributed by atoms with Crippen molar-refractivity contribution in [3.05, 3.63) is 67.7 Å². The first-order valence-electron chi connectivity index (χ1n) is 6.15. The summed E-state index contributed by atoms with van der Waals surface area (Å²) >= 11 is 11.5. The van der Waals surface area contributed by atoms with Gasteiger partial charge in [0.1, 0.15) is 10.8 Å². The Bertz CT molecular complexity index is 809. The minimum absolute atomic E-state index is 0.0272. The third-order valence-corrected chi connectivity index (χ3v) is 3.58. The molecule has 2 aromatic carbocycles. The van der Waals surface area contributed by atoms with Gasteiger partial charge < -0.3 is 5.11 Å². The van der Waals surface area contributed by atoms with Crippen molar-refractivity contribution in [2.45, 2.75) is 0 Å². The normalized spacial score (nSPS) is 10.7. The number of aromatic hydroxyl groups is 1. The second-order valence-electron chi connectivity index (χ2n) is 4.31. The maximum atomic E-state index is 11.9. The molecule has 0 saturated carbocycles. The van der Waals surface area contributed by atoms with Crippen LogP contribution in [0.25, 0.3) is 0 Å². The molecular formula is C14H9Cl2N3O4. The van der Waals surface area contributed by atoms with Crippen LogP contribution in [0.2, 0.25) is 10.0 Å². The predicted molar refractivity (Wildman–Crippen MR) is 86.3 cm³/mol. The number of carbonyl (C=O) groups excluding carboxylic acids is 1. The number of non-ortho nitro benzene ring substituents is 1. The average molecular weight is 354 g/mol. The zero-order valence-electron chi connectivity index (χ0n) is 11.4. The van der Waals surface area contributed by atoms with E-state index in [9.17, 15) is 20.0 Å². The molecule has 7 nitrogen and oxygen atoms in total. The number of nitro benzene ring substituents is 1. The molecule has 0 saturated heterocycles. The number of halogens is 2. The van der Waals surface area contributed by atoms with E-state index in [0.29, 0.717) is 0 Å². The number of hydrogen-bond donors (Lipinski definition) is 2. The van der Waals surface area contributed by atoms with E-state index in [-0.39, 0.29) is 32.6 Å². The highest BCUT2D eigenvalue weighted by molar-refractivity contribution is 6.43. The van der Waals surface area contributed by atoms with Crippen LogP contribution in [-0.2, 0) is 0 Å². The lowest BCUT2D eigenvalue weighted by Gasteiger charge is -2.03. The average Bonchev–Trinajstić information content (AvgIpc) is 2.54. The smallest absolute Gasteiger partial charge is 0.271 e. The Morgan fingerprint density at radius 3 is 2.74 bits per heavy atom. The first kappa shape index (κ1) is 16.7. The van der Waals surface area contributed by atoms with Crippen LogP contribution in [0.1, 0.15) is 15.9 Å². The summed E-state index contributed by atoms with van der Waals surface area (Å²) in [5, 5.41) is 24.3. The molecule has 0 spiro atoms. The molecular weight excluding hydrogens is 345 g/mol. The van der Waals surface area contributed by atoms with Crippen LogP contribution < -0.4 is 5.43 Å². The van der Waals surface area contributed by atoms with Gasteiger partial charge in [0.2, 0.25) is 0 Å². The quantitative estimate of drug-likeness (QED) is 0.499. The minimum Gasteiger partial charge on any atom is -0.506 e. The Balaban J connectivity index is 2.12. The summed E-state index contributed by atoms with van der Waals surface area (Å²) in [5.41, 5.74) is 2.32. The van der Waals surface area contributed by atoms with Crippen LogP contribution >= 0.6 is 23.2 Å². The molecule has 1 amide bonds. The highest BCUT2D eigenvalue weighted by atomic mass is 35.5. The molecule has 2 rings (SSSR count). The first-order valence-corrected chi connectivity index (χ1v) is 6.90. The Labute approximate surface area is 140 Å². The number of rotatable bonds is 4. The van der Waals surface area contributed by atoms with E-state index in [4.69, 9.17) is 23.2 Å². The number of hydrogen-bond acceptors (Lipinski definition) is 5. The van der Waals surface area contributed by atoms with Gasteiger partial charge in [-0.3, -0.25) is 14.9 Å². The molecule has 0 unspecified atom stereocenters. The molecule has 0 aliphatic carbocycles. The zero-order chi connectivity index (χ0) is 17.0. The standard InChI is InChI=1S/C14H9Cl2N3O4/c15-11-5-4-9(13(20)12(11)16)7-17-18-14(21)8-2-1-3-10(6-8)19(22)23/h1-7,20H,(H,18,21)/b17-7+. The lowest BCUT2D eigenvalue weighted by molar-refractivity contribution is -0.384. The minimum atomic E-state index is -0.635. The molecule has 0 fully saturated rings. The monoisotopic (exact) mass is 353 g/mol. The number of hydrazone groups is 1. The summed E-state index contributed by atoms with van der Waals surface area (Å²) in [6, 6.07) is 8.13. The van der Waals surface area contributed by atoms with Crippen LogP contribution in [0.4, 0.5) is 5.69 Å². The van der Waals surface area contributed by atoms with Crippen LogP contribution in [0.15, 0.2) is 41.5 Å². The topological polar surface area (TPSA) is 105 Å². The lowest BCUT2D eigenvalue weighted by atomic mass is 10.2. The van der Waals surface area contributed by atoms with Crippen LogP contribution in [-0.4, -0.2) is 22.2 Å². The number of benzene rings is 2. The Morgan fingerprint density at radius 2 is 2.04 bits per heavy atom. The summed E-state index contributed by atoms with van der Waals surface area (Å²) in [4.78, 5) is 21.9. The Kier molecular flexibility index (Phi) is 5.15. The molecule has 0 atom stereocenters. The SMILES string of the molecule is O=C(N/N=C/c1ccc(Cl)c(Cl)c1O)c1cccc([N+](=O)[O-])c1. The van der Waals surface area contributed by atoms with Crippen molar-refractivity contribution < 1.29 is 14.8 Å². The number of phenolic OH excluding ortho intramolecular Hbond substituents is 1. The van der Waals surface area contributed by atoms with Gasteiger partial charge in [-0.15, -0.1) is 0 Å². The maximum Gasteiger partial charge on any atom is 0.271 e. The molecule has 0 radical (unpaired) electrons. The number of phenols is 1. The third-order valence-electron chi connectivity index (χ3n) is 2.79. The van der Waals surface area contributed by atoms with Crippen molar-refractivity contribution in [3.63, 3.8) is 0 Å². The van der Waals surface area contributed by atoms with Crippen molar-refractivity contribution in [2.24, 2.45) is 5.10 Å². The van der Waals surface area contributed by atoms with E-state index >= 15 is 0 Å². The number of nitro groups is 1. The number of nitrogens with zero attached hydrogens (tertiary/aromatic N) is 2. The van der Waals surface area contributed by atoms with E-state index in [1.807, 2.05) is 0 Å². The van der Waals surface area contributed by atoms with Crippen LogP contribution in [0, 0.1) is 10.1 Å². The fourth-order valence-electron chi connectivity index (χ4n) is 1.64. The van der Waals surface area contributed by atoms with Crippen molar-refractivity contribution in [1.29, 1.82) is 0 Å². The maximum absolute atomic E-state index is 11.9. The van der Waals surface area contributed by atoms with Crippen LogP contribution in [0.3, 0.4) is 0 Å². The highest BCUT2D eigenvalue weighted by Gasteiger charge is 2.11. The molecule has 9 heteroatoms. The lowest BCUT2D eigenvalue weighted by Crippen LogP contribution is -2.17. The molecule has 0 bridgehead atoms. The highest BCUT2D eigenvalue weighted by Crippen LogP contribution is 2.33. The van der Waals surface area contributed by atoms with Crippen molar-refractivity contribution in [3.8, 4) is 5.75 Å². The first-order chi connectivity index (χ1) is 10.9.